The average molecular weight is 410 g/mol. The van der Waals surface area contributed by atoms with Crippen LogP contribution in [0.25, 0.3) is 0 Å². The van der Waals surface area contributed by atoms with Gasteiger partial charge in [-0.05, 0) is 42.2 Å². The molecule has 1 N–H and O–H groups in total. The van der Waals surface area contributed by atoms with Gasteiger partial charge in [0.2, 0.25) is 0 Å². The molecule has 2 aromatic carbocycles. The molecular formula is C23H23FN2O4. The second-order valence-electron chi connectivity index (χ2n) is 8.02. The minimum absolute atomic E-state index is 0.146. The Bertz CT molecular complexity index is 945. The first-order valence-electron chi connectivity index (χ1n) is 9.95. The highest BCUT2D eigenvalue weighted by atomic mass is 19.1. The van der Waals surface area contributed by atoms with Gasteiger partial charge in [0, 0.05) is 6.42 Å². The molecule has 2 aliphatic heterocycles. The van der Waals surface area contributed by atoms with Crippen molar-refractivity contribution < 1.29 is 23.8 Å². The number of hydrogen-bond donors (Lipinski definition) is 1. The normalized spacial score (nSPS) is 25.4. The fourth-order valence-corrected chi connectivity index (χ4v) is 4.48. The van der Waals surface area contributed by atoms with E-state index in [0.717, 1.165) is 5.56 Å². The minimum atomic E-state index is -1.16. The Kier molecular flexibility index (Phi) is 5.71. The van der Waals surface area contributed by atoms with Crippen LogP contribution >= 0.6 is 0 Å². The molecule has 156 valence electrons. The van der Waals surface area contributed by atoms with Crippen molar-refractivity contribution in [3.05, 3.63) is 71.0 Å². The number of ether oxygens (including phenoxy) is 2. The van der Waals surface area contributed by atoms with Crippen LogP contribution in [0.1, 0.15) is 29.5 Å². The highest BCUT2D eigenvalue weighted by Gasteiger charge is 2.48. The molecule has 2 aliphatic rings. The van der Waals surface area contributed by atoms with Crippen molar-refractivity contribution in [2.24, 2.45) is 0 Å². The molecule has 2 unspecified atom stereocenters. The van der Waals surface area contributed by atoms with Gasteiger partial charge < -0.3 is 14.6 Å². The summed E-state index contributed by atoms with van der Waals surface area (Å²) in [4.78, 5) is 14.4. The molecular weight excluding hydrogens is 387 g/mol. The van der Waals surface area contributed by atoms with E-state index >= 15 is 0 Å². The van der Waals surface area contributed by atoms with Crippen LogP contribution in [0.15, 0.2) is 48.5 Å². The van der Waals surface area contributed by atoms with Crippen molar-refractivity contribution >= 4 is 6.09 Å². The van der Waals surface area contributed by atoms with Crippen molar-refractivity contribution in [3.63, 3.8) is 0 Å². The number of hydrogen-bond acceptors (Lipinski definition) is 5. The van der Waals surface area contributed by atoms with Crippen LogP contribution in [0.3, 0.4) is 0 Å². The summed E-state index contributed by atoms with van der Waals surface area (Å²) >= 11 is 0. The third-order valence-electron chi connectivity index (χ3n) is 5.76. The number of benzene rings is 2. The monoisotopic (exact) mass is 410 g/mol. The molecule has 2 atom stereocenters. The lowest BCUT2D eigenvalue weighted by Gasteiger charge is -2.51. The van der Waals surface area contributed by atoms with E-state index in [1.54, 1.807) is 4.90 Å². The van der Waals surface area contributed by atoms with Gasteiger partial charge in [0.25, 0.3) is 0 Å². The van der Waals surface area contributed by atoms with E-state index in [-0.39, 0.29) is 38.0 Å². The highest BCUT2D eigenvalue weighted by molar-refractivity contribution is 5.69. The quantitative estimate of drug-likeness (QED) is 0.837. The van der Waals surface area contributed by atoms with Gasteiger partial charge in [-0.25, -0.2) is 9.18 Å². The third-order valence-corrected chi connectivity index (χ3v) is 5.76. The Balaban J connectivity index is 1.47. The maximum atomic E-state index is 13.7. The largest absolute Gasteiger partial charge is 0.445 e. The summed E-state index contributed by atoms with van der Waals surface area (Å²) in [6, 6.07) is 14.8. The number of nitriles is 1. The standard InChI is InChI=1S/C23H23FN2O4/c24-19-7-6-17(12-25)18(8-19)9-23(28)10-20-14-29-15-21(11-23)26(20)22(27)30-13-16-4-2-1-3-5-16/h1-8,20-21,28H,9-11,13-15H2. The van der Waals surface area contributed by atoms with Gasteiger partial charge in [-0.3, -0.25) is 4.90 Å². The molecule has 6 nitrogen and oxygen atoms in total. The smallest absolute Gasteiger partial charge is 0.410 e. The maximum Gasteiger partial charge on any atom is 0.410 e. The lowest BCUT2D eigenvalue weighted by molar-refractivity contribution is -0.132. The number of fused-ring (bicyclic) bond motifs is 2. The van der Waals surface area contributed by atoms with Crippen molar-refractivity contribution in [3.8, 4) is 6.07 Å². The van der Waals surface area contributed by atoms with Crippen LogP contribution in [0, 0.1) is 17.1 Å². The molecule has 30 heavy (non-hydrogen) atoms. The summed E-state index contributed by atoms with van der Waals surface area (Å²) < 4.78 is 24.8. The van der Waals surface area contributed by atoms with Gasteiger partial charge in [-0.15, -0.1) is 0 Å². The van der Waals surface area contributed by atoms with Crippen LogP contribution in [0.2, 0.25) is 0 Å². The molecule has 0 spiro atoms. The molecule has 7 heteroatoms. The zero-order valence-corrected chi connectivity index (χ0v) is 16.5. The van der Waals surface area contributed by atoms with E-state index < -0.39 is 17.5 Å². The van der Waals surface area contributed by atoms with E-state index in [0.29, 0.717) is 24.3 Å². The first-order chi connectivity index (χ1) is 14.5. The highest BCUT2D eigenvalue weighted by Crippen LogP contribution is 2.37. The molecule has 4 rings (SSSR count). The first kappa shape index (κ1) is 20.3. The van der Waals surface area contributed by atoms with Crippen molar-refractivity contribution in [2.75, 3.05) is 13.2 Å². The summed E-state index contributed by atoms with van der Waals surface area (Å²) in [5.74, 6) is -0.446. The van der Waals surface area contributed by atoms with E-state index in [2.05, 4.69) is 6.07 Å². The summed E-state index contributed by atoms with van der Waals surface area (Å²) in [5.41, 5.74) is 0.556. The number of piperidine rings is 1. The minimum Gasteiger partial charge on any atom is -0.445 e. The number of aliphatic hydroxyl groups is 1. The first-order valence-corrected chi connectivity index (χ1v) is 9.95. The maximum absolute atomic E-state index is 13.7. The number of rotatable bonds is 4. The SMILES string of the molecule is N#Cc1ccc(F)cc1CC1(O)CC2COCC(C1)N2C(=O)OCc1ccccc1. The van der Waals surface area contributed by atoms with Gasteiger partial charge in [-0.2, -0.15) is 5.26 Å². The molecule has 2 fully saturated rings. The van der Waals surface area contributed by atoms with Crippen LogP contribution in [-0.2, 0) is 22.5 Å². The predicted molar refractivity (Wildman–Crippen MR) is 106 cm³/mol. The van der Waals surface area contributed by atoms with Crippen LogP contribution in [0.4, 0.5) is 9.18 Å². The number of morpholine rings is 1. The Labute approximate surface area is 174 Å². The Hall–Kier alpha value is -2.95. The molecule has 0 radical (unpaired) electrons. The Morgan fingerprint density at radius 3 is 2.60 bits per heavy atom. The van der Waals surface area contributed by atoms with Crippen LogP contribution < -0.4 is 0 Å². The van der Waals surface area contributed by atoms with Crippen molar-refractivity contribution in [1.29, 1.82) is 5.26 Å². The number of carbonyl (C=O) groups excluding carboxylic acids is 1. The molecule has 2 heterocycles. The third kappa shape index (κ3) is 4.30. The fourth-order valence-electron chi connectivity index (χ4n) is 4.48. The average Bonchev–Trinajstić information content (AvgIpc) is 2.72. The second kappa shape index (κ2) is 8.42. The number of amides is 1. The van der Waals surface area contributed by atoms with Crippen molar-refractivity contribution in [2.45, 2.75) is 43.6 Å². The number of carbonyl (C=O) groups is 1. The van der Waals surface area contributed by atoms with Gasteiger partial charge in [0.15, 0.2) is 0 Å². The lowest BCUT2D eigenvalue weighted by Crippen LogP contribution is -2.64. The van der Waals surface area contributed by atoms with Gasteiger partial charge in [0.05, 0.1) is 42.5 Å². The summed E-state index contributed by atoms with van der Waals surface area (Å²) in [5, 5.41) is 20.6. The molecule has 0 aromatic heterocycles. The second-order valence-corrected chi connectivity index (χ2v) is 8.02. The van der Waals surface area contributed by atoms with Crippen molar-refractivity contribution in [1.82, 2.24) is 4.90 Å². The van der Waals surface area contributed by atoms with E-state index in [1.807, 2.05) is 30.3 Å². The molecule has 2 bridgehead atoms. The van der Waals surface area contributed by atoms with E-state index in [9.17, 15) is 19.6 Å². The zero-order valence-electron chi connectivity index (χ0n) is 16.5. The number of nitrogens with zero attached hydrogens (tertiary/aromatic N) is 2. The van der Waals surface area contributed by atoms with E-state index in [4.69, 9.17) is 9.47 Å². The Morgan fingerprint density at radius 1 is 1.23 bits per heavy atom. The summed E-state index contributed by atoms with van der Waals surface area (Å²) in [6.45, 7) is 0.774. The molecule has 0 saturated carbocycles. The van der Waals surface area contributed by atoms with Crippen LogP contribution in [-0.4, -0.2) is 47.0 Å². The zero-order chi connectivity index (χ0) is 21.1. The molecule has 1 amide bonds. The van der Waals surface area contributed by atoms with Gasteiger partial charge in [0.1, 0.15) is 12.4 Å². The van der Waals surface area contributed by atoms with E-state index in [1.165, 1.54) is 18.2 Å². The van der Waals surface area contributed by atoms with Gasteiger partial charge in [-0.1, -0.05) is 30.3 Å². The van der Waals surface area contributed by atoms with Gasteiger partial charge >= 0.3 is 6.09 Å². The molecule has 0 aliphatic carbocycles. The fraction of sp³-hybridized carbons (Fsp3) is 0.391. The molecule has 2 saturated heterocycles. The lowest BCUT2D eigenvalue weighted by atomic mass is 9.77. The molecule has 2 aromatic rings. The topological polar surface area (TPSA) is 82.8 Å². The number of halogens is 1. The van der Waals surface area contributed by atoms with Crippen LogP contribution in [0.5, 0.6) is 0 Å². The summed E-state index contributed by atoms with van der Waals surface area (Å²) in [6.07, 6.45) is 0.257. The Morgan fingerprint density at radius 2 is 1.93 bits per heavy atom. The summed E-state index contributed by atoms with van der Waals surface area (Å²) in [7, 11) is 0. The predicted octanol–water partition coefficient (Wildman–Crippen LogP) is 3.17.